The van der Waals surface area contributed by atoms with E-state index in [2.05, 4.69) is 37.3 Å². The van der Waals surface area contributed by atoms with Crippen LogP contribution in [0.25, 0.3) is 0 Å². The van der Waals surface area contributed by atoms with Gasteiger partial charge in [0.15, 0.2) is 0 Å². The average molecular weight is 359 g/mol. The lowest BCUT2D eigenvalue weighted by atomic mass is 9.79. The Labute approximate surface area is 161 Å². The molecule has 0 amide bonds. The molecule has 1 fully saturated rings. The van der Waals surface area contributed by atoms with Crippen molar-refractivity contribution in [2.75, 3.05) is 6.67 Å². The zero-order valence-corrected chi connectivity index (χ0v) is 16.9. The SMILES string of the molecule is CCCCCCCc1ccc(CC[C@H]2CC[C@H](C=CCCF)CC2)cc1. The van der Waals surface area contributed by atoms with Gasteiger partial charge in [-0.15, -0.1) is 0 Å². The van der Waals surface area contributed by atoms with Gasteiger partial charge in [0.1, 0.15) is 0 Å². The van der Waals surface area contributed by atoms with E-state index in [1.807, 2.05) is 6.08 Å². The molecule has 0 aromatic heterocycles. The number of halogens is 1. The molecule has 1 aliphatic carbocycles. The molecule has 0 atom stereocenters. The van der Waals surface area contributed by atoms with E-state index < -0.39 is 0 Å². The first kappa shape index (κ1) is 21.2. The summed E-state index contributed by atoms with van der Waals surface area (Å²) in [6.45, 7) is 2.06. The molecule has 1 aromatic carbocycles. The molecular weight excluding hydrogens is 319 g/mol. The molecule has 0 unspecified atom stereocenters. The summed E-state index contributed by atoms with van der Waals surface area (Å²) in [5.74, 6) is 1.59. The largest absolute Gasteiger partial charge is 0.251 e. The molecule has 26 heavy (non-hydrogen) atoms. The summed E-state index contributed by atoms with van der Waals surface area (Å²) < 4.78 is 12.2. The van der Waals surface area contributed by atoms with E-state index in [1.165, 1.54) is 88.2 Å². The van der Waals surface area contributed by atoms with Gasteiger partial charge in [-0.25, -0.2) is 0 Å². The quantitative estimate of drug-likeness (QED) is 0.263. The topological polar surface area (TPSA) is 0 Å². The molecule has 0 spiro atoms. The number of hydrogen-bond donors (Lipinski definition) is 0. The van der Waals surface area contributed by atoms with Crippen molar-refractivity contribution in [2.24, 2.45) is 11.8 Å². The van der Waals surface area contributed by atoms with E-state index in [0.29, 0.717) is 12.3 Å². The van der Waals surface area contributed by atoms with Crippen molar-refractivity contribution < 1.29 is 4.39 Å². The monoisotopic (exact) mass is 358 g/mol. The number of aryl methyl sites for hydroxylation is 2. The molecule has 0 heterocycles. The molecule has 0 aliphatic heterocycles. The van der Waals surface area contributed by atoms with E-state index in [0.717, 1.165) is 5.92 Å². The van der Waals surface area contributed by atoms with Crippen molar-refractivity contribution in [3.8, 4) is 0 Å². The Hall–Kier alpha value is -1.11. The minimum Gasteiger partial charge on any atom is -0.251 e. The summed E-state index contributed by atoms with van der Waals surface area (Å²) >= 11 is 0. The Morgan fingerprint density at radius 2 is 1.54 bits per heavy atom. The van der Waals surface area contributed by atoms with Crippen molar-refractivity contribution >= 4 is 0 Å². The van der Waals surface area contributed by atoms with E-state index in [9.17, 15) is 4.39 Å². The smallest absolute Gasteiger partial charge is 0.0928 e. The van der Waals surface area contributed by atoms with Gasteiger partial charge in [-0.2, -0.15) is 0 Å². The fraction of sp³-hybridized carbons (Fsp3) is 0.680. The predicted octanol–water partition coefficient (Wildman–Crippen LogP) is 7.85. The van der Waals surface area contributed by atoms with Gasteiger partial charge in [0.25, 0.3) is 0 Å². The van der Waals surface area contributed by atoms with Crippen LogP contribution >= 0.6 is 0 Å². The highest BCUT2D eigenvalue weighted by Gasteiger charge is 2.19. The van der Waals surface area contributed by atoms with Crippen molar-refractivity contribution in [3.05, 3.63) is 47.5 Å². The highest BCUT2D eigenvalue weighted by Crippen LogP contribution is 2.32. The van der Waals surface area contributed by atoms with Crippen LogP contribution in [-0.2, 0) is 12.8 Å². The standard InChI is InChI=1S/C25H39F/c1-2-3-4-5-6-9-22-11-15-24(16-12-22)19-20-25-17-13-23(14-18-25)10-7-8-21-26/h7,10-12,15-16,23,25H,2-6,8-9,13-14,17-21H2,1H3/t23-,25-. The van der Waals surface area contributed by atoms with Crippen LogP contribution in [0.2, 0.25) is 0 Å². The van der Waals surface area contributed by atoms with Gasteiger partial charge in [-0.3, -0.25) is 4.39 Å². The summed E-state index contributed by atoms with van der Waals surface area (Å²) in [6, 6.07) is 9.41. The molecule has 146 valence electrons. The lowest BCUT2D eigenvalue weighted by Gasteiger charge is -2.26. The molecule has 2 rings (SSSR count). The van der Waals surface area contributed by atoms with Crippen LogP contribution in [0.15, 0.2) is 36.4 Å². The van der Waals surface area contributed by atoms with E-state index in [1.54, 1.807) is 0 Å². The number of alkyl halides is 1. The first-order valence-corrected chi connectivity index (χ1v) is 11.1. The van der Waals surface area contributed by atoms with Crippen molar-refractivity contribution in [1.82, 2.24) is 0 Å². The zero-order chi connectivity index (χ0) is 18.5. The first-order chi connectivity index (χ1) is 12.8. The average Bonchev–Trinajstić information content (AvgIpc) is 2.68. The number of unbranched alkanes of at least 4 members (excludes halogenated alkanes) is 4. The third-order valence-corrected chi connectivity index (χ3v) is 6.01. The van der Waals surface area contributed by atoms with Crippen LogP contribution in [-0.4, -0.2) is 6.67 Å². The van der Waals surface area contributed by atoms with E-state index >= 15 is 0 Å². The molecule has 1 aromatic rings. The molecule has 1 saturated carbocycles. The lowest BCUT2D eigenvalue weighted by Crippen LogP contribution is -2.13. The maximum atomic E-state index is 12.2. The van der Waals surface area contributed by atoms with Crippen LogP contribution in [0.5, 0.6) is 0 Å². The summed E-state index contributed by atoms with van der Waals surface area (Å²) in [5, 5.41) is 0. The van der Waals surface area contributed by atoms with Crippen LogP contribution in [0.3, 0.4) is 0 Å². The molecule has 1 aliphatic rings. The van der Waals surface area contributed by atoms with Gasteiger partial charge in [-0.1, -0.05) is 69.0 Å². The summed E-state index contributed by atoms with van der Waals surface area (Å²) in [6.07, 6.45) is 20.8. The number of allylic oxidation sites excluding steroid dienone is 2. The lowest BCUT2D eigenvalue weighted by molar-refractivity contribution is 0.296. The van der Waals surface area contributed by atoms with Crippen LogP contribution in [0.1, 0.15) is 88.7 Å². The second kappa shape index (κ2) is 13.1. The van der Waals surface area contributed by atoms with Gasteiger partial charge < -0.3 is 0 Å². The fourth-order valence-electron chi connectivity index (χ4n) is 4.20. The Kier molecular flexibility index (Phi) is 10.7. The van der Waals surface area contributed by atoms with Crippen LogP contribution in [0, 0.1) is 11.8 Å². The second-order valence-electron chi connectivity index (χ2n) is 8.21. The third kappa shape index (κ3) is 8.52. The van der Waals surface area contributed by atoms with E-state index in [4.69, 9.17) is 0 Å². The van der Waals surface area contributed by atoms with Gasteiger partial charge in [0.05, 0.1) is 6.67 Å². The van der Waals surface area contributed by atoms with Crippen molar-refractivity contribution in [1.29, 1.82) is 0 Å². The summed E-state index contributed by atoms with van der Waals surface area (Å²) in [5.41, 5.74) is 3.01. The first-order valence-electron chi connectivity index (χ1n) is 11.1. The number of hydrogen-bond acceptors (Lipinski definition) is 0. The molecule has 0 radical (unpaired) electrons. The Bertz CT molecular complexity index is 479. The summed E-state index contributed by atoms with van der Waals surface area (Å²) in [4.78, 5) is 0. The minimum atomic E-state index is -0.219. The zero-order valence-electron chi connectivity index (χ0n) is 16.9. The molecule has 0 bridgehead atoms. The molecule has 0 N–H and O–H groups in total. The van der Waals surface area contributed by atoms with Gasteiger partial charge >= 0.3 is 0 Å². The third-order valence-electron chi connectivity index (χ3n) is 6.01. The highest BCUT2D eigenvalue weighted by atomic mass is 19.1. The predicted molar refractivity (Wildman–Crippen MR) is 112 cm³/mol. The van der Waals surface area contributed by atoms with Gasteiger partial charge in [0.2, 0.25) is 0 Å². The van der Waals surface area contributed by atoms with Gasteiger partial charge in [0, 0.05) is 0 Å². The van der Waals surface area contributed by atoms with Crippen LogP contribution < -0.4 is 0 Å². The van der Waals surface area contributed by atoms with Gasteiger partial charge in [-0.05, 0) is 80.8 Å². The highest BCUT2D eigenvalue weighted by molar-refractivity contribution is 5.22. The summed E-state index contributed by atoms with van der Waals surface area (Å²) in [7, 11) is 0. The van der Waals surface area contributed by atoms with Crippen molar-refractivity contribution in [2.45, 2.75) is 90.4 Å². The molecule has 0 nitrogen and oxygen atoms in total. The minimum absolute atomic E-state index is 0.219. The number of rotatable bonds is 12. The van der Waals surface area contributed by atoms with Crippen molar-refractivity contribution in [3.63, 3.8) is 0 Å². The Morgan fingerprint density at radius 1 is 0.885 bits per heavy atom. The number of benzene rings is 1. The normalized spacial score (nSPS) is 20.7. The fourth-order valence-corrected chi connectivity index (χ4v) is 4.20. The van der Waals surface area contributed by atoms with E-state index in [-0.39, 0.29) is 6.67 Å². The Morgan fingerprint density at radius 3 is 2.19 bits per heavy atom. The molecule has 1 heteroatoms. The maximum absolute atomic E-state index is 12.2. The molecular formula is C25H39F. The Balaban J connectivity index is 1.61. The second-order valence-corrected chi connectivity index (χ2v) is 8.21. The molecule has 0 saturated heterocycles. The maximum Gasteiger partial charge on any atom is 0.0928 e. The van der Waals surface area contributed by atoms with Crippen LogP contribution in [0.4, 0.5) is 4.39 Å².